The normalized spacial score (nSPS) is 10.6. The van der Waals surface area contributed by atoms with Crippen LogP contribution in [0, 0.1) is 0 Å². The molecule has 2 aromatic carbocycles. The summed E-state index contributed by atoms with van der Waals surface area (Å²) >= 11 is 0. The second-order valence-corrected chi connectivity index (χ2v) is 3.79. The van der Waals surface area contributed by atoms with Crippen molar-refractivity contribution in [3.63, 3.8) is 0 Å². The van der Waals surface area contributed by atoms with Crippen molar-refractivity contribution in [2.24, 2.45) is 0 Å². The third kappa shape index (κ3) is 1.83. The zero-order valence-corrected chi connectivity index (χ0v) is 9.04. The number of phenols is 1. The molecule has 3 rings (SSSR count). The van der Waals surface area contributed by atoms with E-state index in [0.29, 0.717) is 0 Å². The van der Waals surface area contributed by atoms with E-state index in [2.05, 4.69) is 9.97 Å². The maximum Gasteiger partial charge on any atom is 0.116 e. The van der Waals surface area contributed by atoms with E-state index in [1.165, 1.54) is 0 Å². The van der Waals surface area contributed by atoms with Crippen LogP contribution < -0.4 is 0 Å². The Morgan fingerprint density at radius 2 is 1.71 bits per heavy atom. The molecular weight excluding hydrogens is 212 g/mol. The fourth-order valence-electron chi connectivity index (χ4n) is 1.76. The van der Waals surface area contributed by atoms with Gasteiger partial charge in [-0.05, 0) is 24.3 Å². The fraction of sp³-hybridized carbons (Fsp3) is 0. The van der Waals surface area contributed by atoms with Crippen molar-refractivity contribution in [2.45, 2.75) is 0 Å². The Labute approximate surface area is 98.4 Å². The number of aromatic nitrogens is 2. The fourth-order valence-corrected chi connectivity index (χ4v) is 1.76. The van der Waals surface area contributed by atoms with Crippen molar-refractivity contribution in [1.29, 1.82) is 0 Å². The Bertz CT molecular complexity index is 680. The summed E-state index contributed by atoms with van der Waals surface area (Å²) in [5.74, 6) is 0.234. The largest absolute Gasteiger partial charge is 0.508 e. The van der Waals surface area contributed by atoms with Gasteiger partial charge in [0.05, 0.1) is 22.9 Å². The number of hydrogen-bond donors (Lipinski definition) is 1. The molecule has 3 nitrogen and oxygen atoms in total. The van der Waals surface area contributed by atoms with Gasteiger partial charge >= 0.3 is 0 Å². The van der Waals surface area contributed by atoms with E-state index < -0.39 is 0 Å². The van der Waals surface area contributed by atoms with E-state index >= 15 is 0 Å². The predicted octanol–water partition coefficient (Wildman–Crippen LogP) is 3.00. The summed E-state index contributed by atoms with van der Waals surface area (Å²) in [6.07, 6.45) is 1.72. The first kappa shape index (κ1) is 9.78. The monoisotopic (exact) mass is 222 g/mol. The average Bonchev–Trinajstić information content (AvgIpc) is 2.38. The maximum atomic E-state index is 9.44. The number of hydrogen-bond acceptors (Lipinski definition) is 3. The lowest BCUT2D eigenvalue weighted by molar-refractivity contribution is 0.475. The van der Waals surface area contributed by atoms with Crippen LogP contribution in [0.2, 0.25) is 0 Å². The van der Waals surface area contributed by atoms with E-state index in [1.54, 1.807) is 24.4 Å². The Morgan fingerprint density at radius 3 is 2.53 bits per heavy atom. The summed E-state index contributed by atoms with van der Waals surface area (Å²) in [5, 5.41) is 9.44. The molecule has 3 heteroatoms. The number of fused-ring (bicyclic) bond motifs is 1. The molecule has 0 saturated carbocycles. The van der Waals surface area contributed by atoms with Gasteiger partial charge in [0.15, 0.2) is 0 Å². The lowest BCUT2D eigenvalue weighted by Gasteiger charge is -2.02. The van der Waals surface area contributed by atoms with Crippen LogP contribution in [-0.2, 0) is 0 Å². The molecule has 1 N–H and O–H groups in total. The molecule has 0 saturated heterocycles. The standard InChI is InChI=1S/C14H10N2O/c17-11-5-3-4-10(8-11)14-9-15-12-6-1-2-7-13(12)16-14/h1-9,17H. The quantitative estimate of drug-likeness (QED) is 0.688. The van der Waals surface area contributed by atoms with Gasteiger partial charge in [-0.25, -0.2) is 4.98 Å². The highest BCUT2D eigenvalue weighted by molar-refractivity contribution is 5.77. The summed E-state index contributed by atoms with van der Waals surface area (Å²) < 4.78 is 0. The molecule has 0 aliphatic carbocycles. The third-order valence-corrected chi connectivity index (χ3v) is 2.59. The molecule has 0 spiro atoms. The predicted molar refractivity (Wildman–Crippen MR) is 66.6 cm³/mol. The first-order chi connectivity index (χ1) is 8.33. The Morgan fingerprint density at radius 1 is 0.882 bits per heavy atom. The SMILES string of the molecule is Oc1cccc(-c2cnc3ccccc3n2)c1. The molecular formula is C14H10N2O. The van der Waals surface area contributed by atoms with Gasteiger partial charge in [-0.1, -0.05) is 24.3 Å². The molecule has 1 aromatic heterocycles. The smallest absolute Gasteiger partial charge is 0.116 e. The van der Waals surface area contributed by atoms with Gasteiger partial charge in [-0.2, -0.15) is 0 Å². The number of para-hydroxylation sites is 2. The maximum absolute atomic E-state index is 9.44. The molecule has 82 valence electrons. The van der Waals surface area contributed by atoms with Crippen LogP contribution in [-0.4, -0.2) is 15.1 Å². The van der Waals surface area contributed by atoms with Gasteiger partial charge in [0, 0.05) is 5.56 Å². The Hall–Kier alpha value is -2.42. The highest BCUT2D eigenvalue weighted by atomic mass is 16.3. The van der Waals surface area contributed by atoms with Gasteiger partial charge in [-0.3, -0.25) is 4.98 Å². The van der Waals surface area contributed by atoms with Crippen molar-refractivity contribution in [1.82, 2.24) is 9.97 Å². The zero-order chi connectivity index (χ0) is 11.7. The molecule has 0 aliphatic rings. The lowest BCUT2D eigenvalue weighted by atomic mass is 10.1. The van der Waals surface area contributed by atoms with Crippen LogP contribution in [0.1, 0.15) is 0 Å². The summed E-state index contributed by atoms with van der Waals surface area (Å²) in [6, 6.07) is 14.7. The number of phenolic OH excluding ortho intramolecular Hbond substituents is 1. The molecule has 0 fully saturated rings. The van der Waals surface area contributed by atoms with E-state index in [9.17, 15) is 5.11 Å². The summed E-state index contributed by atoms with van der Waals surface area (Å²) in [4.78, 5) is 8.86. The molecule has 0 bridgehead atoms. The minimum atomic E-state index is 0.234. The molecule has 1 heterocycles. The number of nitrogens with zero attached hydrogens (tertiary/aromatic N) is 2. The van der Waals surface area contributed by atoms with Crippen molar-refractivity contribution >= 4 is 11.0 Å². The van der Waals surface area contributed by atoms with Crippen LogP contribution >= 0.6 is 0 Å². The first-order valence-electron chi connectivity index (χ1n) is 5.34. The van der Waals surface area contributed by atoms with Gasteiger partial charge < -0.3 is 5.11 Å². The van der Waals surface area contributed by atoms with E-state index in [1.807, 2.05) is 30.3 Å². The Kier molecular flexibility index (Phi) is 2.22. The van der Waals surface area contributed by atoms with Crippen LogP contribution in [0.15, 0.2) is 54.7 Å². The molecule has 0 amide bonds. The van der Waals surface area contributed by atoms with Crippen molar-refractivity contribution < 1.29 is 5.11 Å². The lowest BCUT2D eigenvalue weighted by Crippen LogP contribution is -1.87. The minimum absolute atomic E-state index is 0.234. The molecule has 0 aliphatic heterocycles. The van der Waals surface area contributed by atoms with Crippen LogP contribution in [0.5, 0.6) is 5.75 Å². The zero-order valence-electron chi connectivity index (χ0n) is 9.04. The summed E-state index contributed by atoms with van der Waals surface area (Å²) in [5.41, 5.74) is 3.35. The van der Waals surface area contributed by atoms with Crippen LogP contribution in [0.3, 0.4) is 0 Å². The summed E-state index contributed by atoms with van der Waals surface area (Å²) in [7, 11) is 0. The topological polar surface area (TPSA) is 46.0 Å². The number of aromatic hydroxyl groups is 1. The van der Waals surface area contributed by atoms with E-state index in [0.717, 1.165) is 22.3 Å². The Balaban J connectivity index is 2.18. The highest BCUT2D eigenvalue weighted by Crippen LogP contribution is 2.22. The van der Waals surface area contributed by atoms with Gasteiger partial charge in [0.1, 0.15) is 5.75 Å². The molecule has 17 heavy (non-hydrogen) atoms. The third-order valence-electron chi connectivity index (χ3n) is 2.59. The van der Waals surface area contributed by atoms with E-state index in [4.69, 9.17) is 0 Å². The van der Waals surface area contributed by atoms with E-state index in [-0.39, 0.29) is 5.75 Å². The summed E-state index contributed by atoms with van der Waals surface area (Å²) in [6.45, 7) is 0. The second kappa shape index (κ2) is 3.87. The second-order valence-electron chi connectivity index (χ2n) is 3.79. The molecule has 3 aromatic rings. The molecule has 0 radical (unpaired) electrons. The van der Waals surface area contributed by atoms with Gasteiger partial charge in [0.2, 0.25) is 0 Å². The highest BCUT2D eigenvalue weighted by Gasteiger charge is 2.02. The van der Waals surface area contributed by atoms with Gasteiger partial charge in [0.25, 0.3) is 0 Å². The van der Waals surface area contributed by atoms with Crippen LogP contribution in [0.4, 0.5) is 0 Å². The van der Waals surface area contributed by atoms with Crippen molar-refractivity contribution in [2.75, 3.05) is 0 Å². The number of rotatable bonds is 1. The number of benzene rings is 2. The molecule has 0 atom stereocenters. The minimum Gasteiger partial charge on any atom is -0.508 e. The first-order valence-corrected chi connectivity index (χ1v) is 5.34. The average molecular weight is 222 g/mol. The van der Waals surface area contributed by atoms with Crippen molar-refractivity contribution in [3.8, 4) is 17.0 Å². The van der Waals surface area contributed by atoms with Crippen LogP contribution in [0.25, 0.3) is 22.3 Å². The van der Waals surface area contributed by atoms with Gasteiger partial charge in [-0.15, -0.1) is 0 Å². The molecule has 0 unspecified atom stereocenters. The van der Waals surface area contributed by atoms with Crippen molar-refractivity contribution in [3.05, 3.63) is 54.7 Å².